The van der Waals surface area contributed by atoms with Crippen molar-refractivity contribution in [2.24, 2.45) is 0 Å². The average molecular weight is 1090 g/mol. The second-order valence-corrected chi connectivity index (χ2v) is 23.2. The lowest BCUT2D eigenvalue weighted by Gasteiger charge is -2.50. The Balaban J connectivity index is 1.08. The van der Waals surface area contributed by atoms with E-state index in [4.69, 9.17) is 0 Å². The molecule has 0 bridgehead atoms. The summed E-state index contributed by atoms with van der Waals surface area (Å²) in [7, 11) is 0. The Hall–Kier alpha value is -7.93. The van der Waals surface area contributed by atoms with Crippen molar-refractivity contribution in [3.63, 3.8) is 0 Å². The first-order valence-electron chi connectivity index (χ1n) is 27.0. The zero-order chi connectivity index (χ0) is 55.7. The summed E-state index contributed by atoms with van der Waals surface area (Å²) in [4.78, 5) is 7.20. The van der Waals surface area contributed by atoms with Crippen molar-refractivity contribution in [1.29, 1.82) is 0 Å². The molecule has 2 saturated carbocycles. The van der Waals surface area contributed by atoms with Crippen LogP contribution in [-0.2, 0) is 10.8 Å². The molecule has 2 fully saturated rings. The molecule has 2 aliphatic carbocycles. The van der Waals surface area contributed by atoms with Crippen LogP contribution < -0.4 is 9.80 Å². The van der Waals surface area contributed by atoms with Crippen LogP contribution in [0.25, 0.3) is 76.5 Å². The first-order valence-corrected chi connectivity index (χ1v) is 27.0. The summed E-state index contributed by atoms with van der Waals surface area (Å²) in [5, 5.41) is 7.09. The number of hydrogen-bond acceptors (Lipinski definition) is 3. The maximum Gasteiger partial charge on any atom is 0.200 e. The number of nitrogens with zero attached hydrogens (tertiary/aromatic N) is 3. The van der Waals surface area contributed by atoms with E-state index >= 15 is 35.1 Å². The van der Waals surface area contributed by atoms with Gasteiger partial charge < -0.3 is 9.80 Å². The summed E-state index contributed by atoms with van der Waals surface area (Å²) in [6, 6.07) is 37.7. The molecular formula is C67H49F10N3. The predicted octanol–water partition coefficient (Wildman–Crippen LogP) is 19.6. The van der Waals surface area contributed by atoms with E-state index < -0.39 is 91.5 Å². The highest BCUT2D eigenvalue weighted by Crippen LogP contribution is 2.65. The SMILES string of the molecule is CC12CCCCC1(C)N(c1c(F)c(F)c(F)c(F)c1F)c1ccc(-c3c4ccccc4c(-c4ccc5c(c4)C4(C)CCCCC4(C)N5c4c(F)c(F)c(F)c(F)c4F)c4cc5c(cc34)c(-c3cccnc3)cc3ccccc35)cc12. The molecule has 13 heteroatoms. The van der Waals surface area contributed by atoms with Gasteiger partial charge in [-0.15, -0.1) is 0 Å². The van der Waals surface area contributed by atoms with E-state index in [0.29, 0.717) is 61.0 Å². The summed E-state index contributed by atoms with van der Waals surface area (Å²) < 4.78 is 155. The van der Waals surface area contributed by atoms with Crippen LogP contribution in [0.4, 0.5) is 66.7 Å². The fourth-order valence-electron chi connectivity index (χ4n) is 15.2. The largest absolute Gasteiger partial charge is 0.329 e. The van der Waals surface area contributed by atoms with Crippen LogP contribution in [0.1, 0.15) is 90.2 Å². The van der Waals surface area contributed by atoms with Crippen molar-refractivity contribution in [1.82, 2.24) is 4.98 Å². The van der Waals surface area contributed by atoms with Crippen LogP contribution in [0.3, 0.4) is 0 Å². The number of fused-ring (bicyclic) bond motifs is 11. The molecule has 3 heterocycles. The molecule has 0 saturated heterocycles. The van der Waals surface area contributed by atoms with Crippen LogP contribution in [0, 0.1) is 58.2 Å². The van der Waals surface area contributed by atoms with Gasteiger partial charge in [-0.3, -0.25) is 4.98 Å². The number of pyridine rings is 1. The summed E-state index contributed by atoms with van der Waals surface area (Å²) in [5.41, 5.74) is 1.14. The quantitative estimate of drug-likeness (QED) is 0.0563. The minimum atomic E-state index is -2.22. The Morgan fingerprint density at radius 1 is 0.375 bits per heavy atom. The Morgan fingerprint density at radius 2 is 0.800 bits per heavy atom. The molecule has 0 spiro atoms. The van der Waals surface area contributed by atoms with Crippen LogP contribution in [0.15, 0.2) is 128 Å². The standard InChI is InChI=1S/C67H49F10N3/c1-64-23-9-11-25-66(64,3)79(62-58(74)54(70)52(68)55(71)59(62)75)48-21-19-35(29-46(48)64)50-39-17-7-8-18-40(39)51(45-32-43-41(37-15-13-27-78-33-37)28-34-14-5-6-16-38(34)42(43)31-44(45)50)36-20-22-49-47(30-36)65(2)24-10-12-26-67(65,4)80(49)63-60(76)56(72)53(69)57(73)61(63)77/h5-8,13-22,27-33H,9-12,23-26H2,1-4H3. The molecule has 4 aliphatic rings. The highest BCUT2D eigenvalue weighted by Gasteiger charge is 2.61. The molecule has 10 aromatic rings. The van der Waals surface area contributed by atoms with Gasteiger partial charge >= 0.3 is 0 Å². The van der Waals surface area contributed by atoms with E-state index in [1.54, 1.807) is 18.3 Å². The van der Waals surface area contributed by atoms with Crippen molar-refractivity contribution in [2.75, 3.05) is 9.80 Å². The van der Waals surface area contributed by atoms with Gasteiger partial charge in [-0.1, -0.05) is 106 Å². The average Bonchev–Trinajstić information content (AvgIpc) is 3.73. The van der Waals surface area contributed by atoms with Crippen molar-refractivity contribution in [2.45, 2.75) is 101 Å². The number of aromatic nitrogens is 1. The predicted molar refractivity (Wildman–Crippen MR) is 296 cm³/mol. The molecular weight excluding hydrogens is 1040 g/mol. The molecule has 4 unspecified atom stereocenters. The van der Waals surface area contributed by atoms with E-state index in [0.717, 1.165) is 89.3 Å². The van der Waals surface area contributed by atoms with Crippen LogP contribution in [0.5, 0.6) is 0 Å². The lowest BCUT2D eigenvalue weighted by molar-refractivity contribution is 0.192. The highest BCUT2D eigenvalue weighted by molar-refractivity contribution is 6.27. The van der Waals surface area contributed by atoms with Crippen LogP contribution in [-0.4, -0.2) is 16.1 Å². The Bertz CT molecular complexity index is 4310. The van der Waals surface area contributed by atoms with Gasteiger partial charge in [0.05, 0.1) is 11.1 Å². The van der Waals surface area contributed by atoms with Crippen LogP contribution in [0.2, 0.25) is 0 Å². The first-order chi connectivity index (χ1) is 38.3. The van der Waals surface area contributed by atoms with E-state index in [1.807, 2.05) is 107 Å². The topological polar surface area (TPSA) is 19.4 Å². The minimum Gasteiger partial charge on any atom is -0.329 e. The molecule has 2 aliphatic heterocycles. The van der Waals surface area contributed by atoms with Crippen molar-refractivity contribution in [3.8, 4) is 33.4 Å². The number of halogens is 10. The molecule has 80 heavy (non-hydrogen) atoms. The zero-order valence-electron chi connectivity index (χ0n) is 43.9. The van der Waals surface area contributed by atoms with E-state index in [9.17, 15) is 8.78 Å². The van der Waals surface area contributed by atoms with Gasteiger partial charge in [0.25, 0.3) is 0 Å². The number of benzene rings is 9. The van der Waals surface area contributed by atoms with E-state index in [1.165, 1.54) is 9.80 Å². The van der Waals surface area contributed by atoms with Gasteiger partial charge in [-0.2, -0.15) is 0 Å². The van der Waals surface area contributed by atoms with Crippen molar-refractivity contribution >= 4 is 65.8 Å². The Kier molecular flexibility index (Phi) is 10.9. The van der Waals surface area contributed by atoms with Crippen molar-refractivity contribution < 1.29 is 43.9 Å². The zero-order valence-corrected chi connectivity index (χ0v) is 43.9. The molecule has 402 valence electrons. The summed E-state index contributed by atoms with van der Waals surface area (Å²) in [6.45, 7) is 7.71. The van der Waals surface area contributed by atoms with Gasteiger partial charge in [-0.05, 0) is 170 Å². The summed E-state index contributed by atoms with van der Waals surface area (Å²) >= 11 is 0. The number of rotatable bonds is 5. The molecule has 0 amide bonds. The third-order valence-electron chi connectivity index (χ3n) is 19.6. The van der Waals surface area contributed by atoms with Gasteiger partial charge in [0.2, 0.25) is 11.6 Å². The van der Waals surface area contributed by atoms with E-state index in [2.05, 4.69) is 35.3 Å². The van der Waals surface area contributed by atoms with E-state index in [-0.39, 0.29) is 0 Å². The van der Waals surface area contributed by atoms with Gasteiger partial charge in [0.15, 0.2) is 46.5 Å². The Labute approximate surface area is 454 Å². The maximum atomic E-state index is 16.2. The third-order valence-corrected chi connectivity index (χ3v) is 19.6. The third kappa shape index (κ3) is 6.43. The van der Waals surface area contributed by atoms with Gasteiger partial charge in [0.1, 0.15) is 11.4 Å². The smallest absolute Gasteiger partial charge is 0.200 e. The maximum absolute atomic E-state index is 16.2. The monoisotopic (exact) mass is 1090 g/mol. The minimum absolute atomic E-state index is 0.339. The second kappa shape index (κ2) is 17.3. The number of hydrogen-bond donors (Lipinski definition) is 0. The molecule has 1 aromatic heterocycles. The lowest BCUT2D eigenvalue weighted by atomic mass is 9.61. The molecule has 4 atom stereocenters. The van der Waals surface area contributed by atoms with Crippen LogP contribution >= 0.6 is 0 Å². The molecule has 14 rings (SSSR count). The molecule has 9 aromatic carbocycles. The molecule has 0 N–H and O–H groups in total. The Morgan fingerprint density at radius 3 is 1.26 bits per heavy atom. The fraction of sp³-hybridized carbons (Fsp3) is 0.239. The highest BCUT2D eigenvalue weighted by atomic mass is 19.2. The fourth-order valence-corrected chi connectivity index (χ4v) is 15.2. The lowest BCUT2D eigenvalue weighted by Crippen LogP contribution is -2.55. The first kappa shape index (κ1) is 50.3. The normalized spacial score (nSPS) is 22.4. The van der Waals surface area contributed by atoms with Gasteiger partial charge in [-0.25, -0.2) is 43.9 Å². The summed E-state index contributed by atoms with van der Waals surface area (Å²) in [5.74, 6) is -20.1. The van der Waals surface area contributed by atoms with Crippen molar-refractivity contribution in [3.05, 3.63) is 197 Å². The molecule has 3 nitrogen and oxygen atoms in total. The second-order valence-electron chi connectivity index (χ2n) is 23.2. The summed E-state index contributed by atoms with van der Waals surface area (Å²) in [6.07, 6.45) is 8.32. The molecule has 0 radical (unpaired) electrons. The van der Waals surface area contributed by atoms with Gasteiger partial charge in [0, 0.05) is 40.2 Å². The number of anilines is 4.